The van der Waals surface area contributed by atoms with Crippen molar-refractivity contribution in [3.63, 3.8) is 0 Å². The first-order valence-corrected chi connectivity index (χ1v) is 7.98. The summed E-state index contributed by atoms with van der Waals surface area (Å²) < 4.78 is 5.67. The van der Waals surface area contributed by atoms with Gasteiger partial charge in [0.15, 0.2) is 0 Å². The van der Waals surface area contributed by atoms with E-state index in [1.165, 1.54) is 6.42 Å². The fourth-order valence-electron chi connectivity index (χ4n) is 2.83. The Morgan fingerprint density at radius 1 is 1.35 bits per heavy atom. The third-order valence-electron chi connectivity index (χ3n) is 4.01. The summed E-state index contributed by atoms with van der Waals surface area (Å²) >= 11 is 0. The lowest BCUT2D eigenvalue weighted by molar-refractivity contribution is 0.0682. The molecule has 1 aromatic carbocycles. The van der Waals surface area contributed by atoms with E-state index in [1.54, 1.807) is 18.3 Å². The van der Waals surface area contributed by atoms with Crippen LogP contribution in [0.2, 0.25) is 0 Å². The molecule has 23 heavy (non-hydrogen) atoms. The number of rotatable bonds is 3. The molecule has 1 saturated heterocycles. The maximum Gasteiger partial charge on any atom is 0.322 e. The highest BCUT2D eigenvalue weighted by Gasteiger charge is 2.22. The monoisotopic (exact) mass is 311 g/mol. The average Bonchev–Trinajstić information content (AvgIpc) is 2.54. The first-order chi connectivity index (χ1) is 11.1. The summed E-state index contributed by atoms with van der Waals surface area (Å²) in [5.41, 5.74) is 1.48. The normalized spacial score (nSPS) is 17.8. The number of amides is 1. The van der Waals surface area contributed by atoms with Crippen LogP contribution in [-0.4, -0.2) is 33.9 Å². The lowest BCUT2D eigenvalue weighted by atomic mass is 9.99. The molecular weight excluding hydrogens is 290 g/mol. The number of carbonyl (C=O) groups is 1. The van der Waals surface area contributed by atoms with Crippen LogP contribution in [0, 0.1) is 12.8 Å². The molecule has 0 N–H and O–H groups in total. The summed E-state index contributed by atoms with van der Waals surface area (Å²) in [7, 11) is 0. The standard InChI is InChI=1S/C18H21N3O2/c1-13-5-4-10-21(12-13)17(22)15-6-3-7-16(11-15)23-18-19-9-8-14(2)20-18/h3,6-9,11,13H,4-5,10,12H2,1-2H3/t13-/m1/s1. The molecule has 1 amide bonds. The van der Waals surface area contributed by atoms with E-state index in [0.717, 1.165) is 25.2 Å². The zero-order valence-corrected chi connectivity index (χ0v) is 13.5. The Morgan fingerprint density at radius 2 is 2.22 bits per heavy atom. The van der Waals surface area contributed by atoms with Crippen LogP contribution in [-0.2, 0) is 0 Å². The van der Waals surface area contributed by atoms with Crippen molar-refractivity contribution in [1.29, 1.82) is 0 Å². The molecule has 0 bridgehead atoms. The number of hydrogen-bond acceptors (Lipinski definition) is 4. The molecule has 2 aromatic rings. The van der Waals surface area contributed by atoms with E-state index in [0.29, 0.717) is 23.2 Å². The van der Waals surface area contributed by atoms with Gasteiger partial charge in [0.25, 0.3) is 5.91 Å². The number of carbonyl (C=O) groups excluding carboxylic acids is 1. The summed E-state index contributed by atoms with van der Waals surface area (Å²) in [5.74, 6) is 1.20. The van der Waals surface area contributed by atoms with Gasteiger partial charge < -0.3 is 9.64 Å². The Balaban J connectivity index is 1.75. The Hall–Kier alpha value is -2.43. The van der Waals surface area contributed by atoms with Gasteiger partial charge in [-0.15, -0.1) is 0 Å². The number of benzene rings is 1. The first-order valence-electron chi connectivity index (χ1n) is 7.98. The van der Waals surface area contributed by atoms with Crippen molar-refractivity contribution in [3.8, 4) is 11.8 Å². The summed E-state index contributed by atoms with van der Waals surface area (Å²) in [4.78, 5) is 22.9. The molecule has 3 rings (SSSR count). The van der Waals surface area contributed by atoms with Crippen LogP contribution >= 0.6 is 0 Å². The van der Waals surface area contributed by atoms with Gasteiger partial charge in [-0.1, -0.05) is 13.0 Å². The highest BCUT2D eigenvalue weighted by molar-refractivity contribution is 5.94. The molecule has 0 unspecified atom stereocenters. The molecule has 1 atom stereocenters. The van der Waals surface area contributed by atoms with E-state index in [9.17, 15) is 4.79 Å². The highest BCUT2D eigenvalue weighted by Crippen LogP contribution is 2.22. The maximum atomic E-state index is 12.6. The van der Waals surface area contributed by atoms with Crippen molar-refractivity contribution in [2.75, 3.05) is 13.1 Å². The van der Waals surface area contributed by atoms with E-state index in [1.807, 2.05) is 30.0 Å². The van der Waals surface area contributed by atoms with E-state index in [2.05, 4.69) is 16.9 Å². The third kappa shape index (κ3) is 3.86. The molecule has 1 fully saturated rings. The molecule has 5 nitrogen and oxygen atoms in total. The van der Waals surface area contributed by atoms with Gasteiger partial charge >= 0.3 is 6.01 Å². The molecule has 120 valence electrons. The fourth-order valence-corrected chi connectivity index (χ4v) is 2.83. The van der Waals surface area contributed by atoms with Crippen molar-refractivity contribution in [2.45, 2.75) is 26.7 Å². The van der Waals surface area contributed by atoms with Crippen molar-refractivity contribution in [2.24, 2.45) is 5.92 Å². The molecule has 1 aliphatic heterocycles. The molecule has 0 aliphatic carbocycles. The van der Waals surface area contributed by atoms with Crippen molar-refractivity contribution in [3.05, 3.63) is 47.8 Å². The Morgan fingerprint density at radius 3 is 3.00 bits per heavy atom. The van der Waals surface area contributed by atoms with Gasteiger partial charge in [0.05, 0.1) is 0 Å². The minimum atomic E-state index is 0.0622. The molecule has 0 spiro atoms. The molecule has 5 heteroatoms. The Labute approximate surface area is 136 Å². The van der Waals surface area contributed by atoms with Gasteiger partial charge in [-0.25, -0.2) is 9.97 Å². The number of aryl methyl sites for hydroxylation is 1. The number of aromatic nitrogens is 2. The number of nitrogens with zero attached hydrogens (tertiary/aromatic N) is 3. The minimum absolute atomic E-state index is 0.0622. The molecule has 1 aliphatic rings. The van der Waals surface area contributed by atoms with Crippen molar-refractivity contribution >= 4 is 5.91 Å². The van der Waals surface area contributed by atoms with Crippen molar-refractivity contribution < 1.29 is 9.53 Å². The number of piperidine rings is 1. The first kappa shape index (κ1) is 15.5. The van der Waals surface area contributed by atoms with Crippen LogP contribution in [0.25, 0.3) is 0 Å². The van der Waals surface area contributed by atoms with Crippen LogP contribution in [0.5, 0.6) is 11.8 Å². The second-order valence-electron chi connectivity index (χ2n) is 6.11. The third-order valence-corrected chi connectivity index (χ3v) is 4.01. The summed E-state index contributed by atoms with van der Waals surface area (Å²) in [6.45, 7) is 5.72. The Kier molecular flexibility index (Phi) is 4.55. The van der Waals surface area contributed by atoms with E-state index in [-0.39, 0.29) is 5.91 Å². The molecule has 0 radical (unpaired) electrons. The molecule has 2 heterocycles. The minimum Gasteiger partial charge on any atom is -0.424 e. The van der Waals surface area contributed by atoms with Crippen molar-refractivity contribution in [1.82, 2.24) is 14.9 Å². The quantitative estimate of drug-likeness (QED) is 0.871. The zero-order chi connectivity index (χ0) is 16.2. The van der Waals surface area contributed by atoms with E-state index >= 15 is 0 Å². The van der Waals surface area contributed by atoms with Crippen LogP contribution in [0.3, 0.4) is 0 Å². The lowest BCUT2D eigenvalue weighted by Gasteiger charge is -2.31. The van der Waals surface area contributed by atoms with Crippen LogP contribution in [0.15, 0.2) is 36.5 Å². The van der Waals surface area contributed by atoms with Gasteiger partial charge in [-0.3, -0.25) is 4.79 Å². The van der Waals surface area contributed by atoms with Gasteiger partial charge in [-0.05, 0) is 49.9 Å². The van der Waals surface area contributed by atoms with Gasteiger partial charge in [0.1, 0.15) is 5.75 Å². The fraction of sp³-hybridized carbons (Fsp3) is 0.389. The predicted molar refractivity (Wildman–Crippen MR) is 87.6 cm³/mol. The predicted octanol–water partition coefficient (Wildman–Crippen LogP) is 3.45. The highest BCUT2D eigenvalue weighted by atomic mass is 16.5. The largest absolute Gasteiger partial charge is 0.424 e. The van der Waals surface area contributed by atoms with E-state index in [4.69, 9.17) is 4.74 Å². The van der Waals surface area contributed by atoms with Gasteiger partial charge in [0, 0.05) is 30.5 Å². The lowest BCUT2D eigenvalue weighted by Crippen LogP contribution is -2.39. The number of hydrogen-bond donors (Lipinski definition) is 0. The number of ether oxygens (including phenoxy) is 1. The molecular formula is C18H21N3O2. The topological polar surface area (TPSA) is 55.3 Å². The SMILES string of the molecule is Cc1ccnc(Oc2cccc(C(=O)N3CCC[C@@H](C)C3)c2)n1. The second kappa shape index (κ2) is 6.77. The average molecular weight is 311 g/mol. The molecule has 0 saturated carbocycles. The smallest absolute Gasteiger partial charge is 0.322 e. The second-order valence-corrected chi connectivity index (χ2v) is 6.11. The summed E-state index contributed by atoms with van der Waals surface area (Å²) in [5, 5.41) is 0. The van der Waals surface area contributed by atoms with Gasteiger partial charge in [-0.2, -0.15) is 0 Å². The Bertz CT molecular complexity index is 702. The van der Waals surface area contributed by atoms with Crippen LogP contribution in [0.4, 0.5) is 0 Å². The van der Waals surface area contributed by atoms with Crippen LogP contribution < -0.4 is 4.74 Å². The van der Waals surface area contributed by atoms with Gasteiger partial charge in [0.2, 0.25) is 0 Å². The maximum absolute atomic E-state index is 12.6. The summed E-state index contributed by atoms with van der Waals surface area (Å²) in [6, 6.07) is 9.32. The zero-order valence-electron chi connectivity index (χ0n) is 13.5. The summed E-state index contributed by atoms with van der Waals surface area (Å²) in [6.07, 6.45) is 3.92. The number of likely N-dealkylation sites (tertiary alicyclic amines) is 1. The van der Waals surface area contributed by atoms with Crippen LogP contribution in [0.1, 0.15) is 35.8 Å². The van der Waals surface area contributed by atoms with E-state index < -0.39 is 0 Å². The molecule has 1 aromatic heterocycles.